The van der Waals surface area contributed by atoms with E-state index < -0.39 is 5.60 Å². The fourth-order valence-corrected chi connectivity index (χ4v) is 3.47. The molecule has 0 unspecified atom stereocenters. The highest BCUT2D eigenvalue weighted by Crippen LogP contribution is 2.20. The quantitative estimate of drug-likeness (QED) is 0.876. The van der Waals surface area contributed by atoms with E-state index in [9.17, 15) is 4.79 Å². The van der Waals surface area contributed by atoms with Crippen molar-refractivity contribution >= 4 is 16.9 Å². The highest BCUT2D eigenvalue weighted by molar-refractivity contribution is 5.85. The van der Waals surface area contributed by atoms with Crippen LogP contribution in [0.15, 0.2) is 42.5 Å². The Bertz CT molecular complexity index is 756. The third-order valence-electron chi connectivity index (χ3n) is 4.84. The average molecular weight is 370 g/mol. The molecule has 146 valence electrons. The van der Waals surface area contributed by atoms with Crippen molar-refractivity contribution in [2.45, 2.75) is 32.9 Å². The normalized spacial score (nSPS) is 16.4. The summed E-state index contributed by atoms with van der Waals surface area (Å²) in [4.78, 5) is 16.6. The van der Waals surface area contributed by atoms with Gasteiger partial charge in [0, 0.05) is 45.8 Å². The number of alkyl carbamates (subject to hydrolysis) is 1. The number of hydrogen-bond acceptors (Lipinski definition) is 4. The van der Waals surface area contributed by atoms with Crippen molar-refractivity contribution in [3.63, 3.8) is 0 Å². The molecule has 1 heterocycles. The van der Waals surface area contributed by atoms with Crippen LogP contribution in [0.5, 0.6) is 0 Å². The van der Waals surface area contributed by atoms with Crippen LogP contribution in [0.2, 0.25) is 0 Å². The van der Waals surface area contributed by atoms with Crippen molar-refractivity contribution in [1.82, 2.24) is 15.1 Å². The largest absolute Gasteiger partial charge is 0.444 e. The Morgan fingerprint density at radius 3 is 2.41 bits per heavy atom. The number of carbonyl (C=O) groups is 1. The molecular weight excluding hydrogens is 338 g/mol. The minimum Gasteiger partial charge on any atom is -0.444 e. The Morgan fingerprint density at radius 2 is 1.67 bits per heavy atom. The van der Waals surface area contributed by atoms with E-state index in [1.807, 2.05) is 20.8 Å². The standard InChI is InChI=1S/C22H31N3O2/c1-22(2,3)27-21(26)23-11-12-24-13-15-25(16-14-24)17-19-9-6-8-18-7-4-5-10-20(18)19/h4-10H,11-17H2,1-3H3,(H,23,26). The molecule has 1 N–H and O–H groups in total. The third-order valence-corrected chi connectivity index (χ3v) is 4.84. The number of nitrogens with zero attached hydrogens (tertiary/aromatic N) is 2. The Kier molecular flexibility index (Phi) is 6.34. The molecule has 5 nitrogen and oxygen atoms in total. The zero-order valence-corrected chi connectivity index (χ0v) is 16.7. The second-order valence-electron chi connectivity index (χ2n) is 8.18. The zero-order chi connectivity index (χ0) is 19.3. The molecule has 0 spiro atoms. The number of ether oxygens (including phenoxy) is 1. The van der Waals surface area contributed by atoms with E-state index in [-0.39, 0.29) is 6.09 Å². The summed E-state index contributed by atoms with van der Waals surface area (Å²) in [5, 5.41) is 5.50. The first kappa shape index (κ1) is 19.6. The topological polar surface area (TPSA) is 44.8 Å². The van der Waals surface area contributed by atoms with Gasteiger partial charge >= 0.3 is 6.09 Å². The first-order valence-corrected chi connectivity index (χ1v) is 9.79. The molecule has 27 heavy (non-hydrogen) atoms. The van der Waals surface area contributed by atoms with Crippen LogP contribution in [-0.2, 0) is 11.3 Å². The van der Waals surface area contributed by atoms with Crippen LogP contribution in [0.1, 0.15) is 26.3 Å². The number of rotatable bonds is 5. The molecule has 1 amide bonds. The summed E-state index contributed by atoms with van der Waals surface area (Å²) in [7, 11) is 0. The zero-order valence-electron chi connectivity index (χ0n) is 16.7. The Labute approximate surface area is 162 Å². The fraction of sp³-hybridized carbons (Fsp3) is 0.500. The van der Waals surface area contributed by atoms with Gasteiger partial charge in [-0.25, -0.2) is 4.79 Å². The maximum Gasteiger partial charge on any atom is 0.407 e. The second-order valence-corrected chi connectivity index (χ2v) is 8.18. The van der Waals surface area contributed by atoms with E-state index in [4.69, 9.17) is 4.74 Å². The first-order valence-electron chi connectivity index (χ1n) is 9.79. The van der Waals surface area contributed by atoms with Crippen molar-refractivity contribution in [2.75, 3.05) is 39.3 Å². The number of benzene rings is 2. The van der Waals surface area contributed by atoms with Crippen LogP contribution >= 0.6 is 0 Å². The van der Waals surface area contributed by atoms with Gasteiger partial charge in [0.15, 0.2) is 0 Å². The summed E-state index contributed by atoms with van der Waals surface area (Å²) in [6.45, 7) is 12.3. The summed E-state index contributed by atoms with van der Waals surface area (Å²) in [5.41, 5.74) is 0.949. The Balaban J connectivity index is 1.42. The summed E-state index contributed by atoms with van der Waals surface area (Å²) >= 11 is 0. The highest BCUT2D eigenvalue weighted by atomic mass is 16.6. The van der Waals surface area contributed by atoms with Gasteiger partial charge in [-0.05, 0) is 37.1 Å². The second kappa shape index (κ2) is 8.72. The predicted molar refractivity (Wildman–Crippen MR) is 110 cm³/mol. The smallest absolute Gasteiger partial charge is 0.407 e. The molecule has 5 heteroatoms. The fourth-order valence-electron chi connectivity index (χ4n) is 3.47. The number of amides is 1. The molecular formula is C22H31N3O2. The SMILES string of the molecule is CC(C)(C)OC(=O)NCCN1CCN(Cc2cccc3ccccc23)CC1. The summed E-state index contributed by atoms with van der Waals surface area (Å²) in [6.07, 6.45) is -0.336. The van der Waals surface area contributed by atoms with Crippen molar-refractivity contribution in [3.8, 4) is 0 Å². The van der Waals surface area contributed by atoms with Gasteiger partial charge in [0.05, 0.1) is 0 Å². The number of fused-ring (bicyclic) bond motifs is 1. The number of nitrogens with one attached hydrogen (secondary N) is 1. The van der Waals surface area contributed by atoms with Gasteiger partial charge in [-0.3, -0.25) is 9.80 Å². The summed E-state index contributed by atoms with van der Waals surface area (Å²) in [5.74, 6) is 0. The van der Waals surface area contributed by atoms with Gasteiger partial charge in [0.25, 0.3) is 0 Å². The van der Waals surface area contributed by atoms with Gasteiger partial charge < -0.3 is 10.1 Å². The highest BCUT2D eigenvalue weighted by Gasteiger charge is 2.19. The van der Waals surface area contributed by atoms with Gasteiger partial charge in [-0.1, -0.05) is 42.5 Å². The maximum absolute atomic E-state index is 11.7. The van der Waals surface area contributed by atoms with Crippen molar-refractivity contribution in [3.05, 3.63) is 48.0 Å². The molecule has 0 bridgehead atoms. The van der Waals surface area contributed by atoms with E-state index in [0.717, 1.165) is 39.3 Å². The van der Waals surface area contributed by atoms with Gasteiger partial charge in [-0.2, -0.15) is 0 Å². The molecule has 1 aliphatic heterocycles. The number of hydrogen-bond donors (Lipinski definition) is 1. The summed E-state index contributed by atoms with van der Waals surface area (Å²) < 4.78 is 5.27. The summed E-state index contributed by atoms with van der Waals surface area (Å²) in [6, 6.07) is 15.2. The lowest BCUT2D eigenvalue weighted by molar-refractivity contribution is 0.0515. The van der Waals surface area contributed by atoms with E-state index in [2.05, 4.69) is 57.6 Å². The van der Waals surface area contributed by atoms with Gasteiger partial charge in [0.2, 0.25) is 0 Å². The van der Waals surface area contributed by atoms with Crippen LogP contribution in [0.4, 0.5) is 4.79 Å². The van der Waals surface area contributed by atoms with Crippen LogP contribution in [0.3, 0.4) is 0 Å². The Morgan fingerprint density at radius 1 is 1.00 bits per heavy atom. The third kappa shape index (κ3) is 5.94. The molecule has 0 radical (unpaired) electrons. The predicted octanol–water partition coefficient (Wildman–Crippen LogP) is 3.48. The Hall–Kier alpha value is -2.11. The lowest BCUT2D eigenvalue weighted by atomic mass is 10.0. The molecule has 0 aromatic heterocycles. The number of piperazine rings is 1. The van der Waals surface area contributed by atoms with Gasteiger partial charge in [0.1, 0.15) is 5.60 Å². The molecule has 0 aliphatic carbocycles. The van der Waals surface area contributed by atoms with E-state index in [1.54, 1.807) is 0 Å². The van der Waals surface area contributed by atoms with Crippen LogP contribution in [-0.4, -0.2) is 60.8 Å². The number of carbonyl (C=O) groups excluding carboxylic acids is 1. The molecule has 2 aromatic rings. The molecule has 0 atom stereocenters. The average Bonchev–Trinajstić information content (AvgIpc) is 2.62. The van der Waals surface area contributed by atoms with Crippen molar-refractivity contribution in [2.24, 2.45) is 0 Å². The van der Waals surface area contributed by atoms with Crippen molar-refractivity contribution in [1.29, 1.82) is 0 Å². The minimum absolute atomic E-state index is 0.336. The monoisotopic (exact) mass is 369 g/mol. The van der Waals surface area contributed by atoms with Crippen LogP contribution in [0.25, 0.3) is 10.8 Å². The van der Waals surface area contributed by atoms with E-state index >= 15 is 0 Å². The molecule has 2 aromatic carbocycles. The molecule has 1 saturated heterocycles. The lowest BCUT2D eigenvalue weighted by Gasteiger charge is -2.35. The molecule has 1 aliphatic rings. The van der Waals surface area contributed by atoms with Crippen LogP contribution < -0.4 is 5.32 Å². The molecule has 0 saturated carbocycles. The van der Waals surface area contributed by atoms with E-state index in [1.165, 1.54) is 16.3 Å². The molecule has 1 fully saturated rings. The molecule has 3 rings (SSSR count). The van der Waals surface area contributed by atoms with Gasteiger partial charge in [-0.15, -0.1) is 0 Å². The first-order chi connectivity index (χ1) is 12.9. The van der Waals surface area contributed by atoms with Crippen molar-refractivity contribution < 1.29 is 9.53 Å². The van der Waals surface area contributed by atoms with E-state index in [0.29, 0.717) is 6.54 Å². The lowest BCUT2D eigenvalue weighted by Crippen LogP contribution is -2.48. The van der Waals surface area contributed by atoms with Crippen LogP contribution in [0, 0.1) is 0 Å². The minimum atomic E-state index is -0.447. The maximum atomic E-state index is 11.7.